The molecule has 0 bridgehead atoms. The minimum atomic E-state index is -3.13. The first kappa shape index (κ1) is 13.3. The first-order valence-corrected chi connectivity index (χ1v) is 8.43. The van der Waals surface area contributed by atoms with Gasteiger partial charge in [0.2, 0.25) is 0 Å². The third kappa shape index (κ3) is 2.62. The monoisotopic (exact) mass is 291 g/mol. The highest BCUT2D eigenvalue weighted by Gasteiger charge is 2.22. The zero-order valence-corrected chi connectivity index (χ0v) is 12.1. The van der Waals surface area contributed by atoms with E-state index >= 15 is 0 Å². The van der Waals surface area contributed by atoms with Crippen LogP contribution in [0.1, 0.15) is 17.2 Å². The van der Waals surface area contributed by atoms with Gasteiger partial charge in [0.1, 0.15) is 0 Å². The number of benzene rings is 1. The molecule has 1 aromatic heterocycles. The van der Waals surface area contributed by atoms with Crippen LogP contribution in [0.3, 0.4) is 0 Å². The van der Waals surface area contributed by atoms with Crippen LogP contribution < -0.4 is 5.32 Å². The van der Waals surface area contributed by atoms with Crippen LogP contribution in [-0.2, 0) is 16.4 Å². The Morgan fingerprint density at radius 1 is 1.30 bits per heavy atom. The fraction of sp³-hybridized carbons (Fsp3) is 0.357. The van der Waals surface area contributed by atoms with Crippen LogP contribution in [0.25, 0.3) is 0 Å². The molecule has 1 saturated heterocycles. The number of hydrogen-bond acceptors (Lipinski definition) is 4. The van der Waals surface area contributed by atoms with Crippen molar-refractivity contribution in [3.05, 3.63) is 48.0 Å². The summed E-state index contributed by atoms with van der Waals surface area (Å²) in [5.41, 5.74) is 2.31. The lowest BCUT2D eigenvalue weighted by Gasteiger charge is -2.27. The van der Waals surface area contributed by atoms with Crippen LogP contribution in [0, 0.1) is 0 Å². The van der Waals surface area contributed by atoms with Gasteiger partial charge < -0.3 is 9.88 Å². The van der Waals surface area contributed by atoms with E-state index in [1.165, 1.54) is 11.9 Å². The van der Waals surface area contributed by atoms with Gasteiger partial charge in [-0.2, -0.15) is 0 Å². The Bertz CT molecular complexity index is 700. The van der Waals surface area contributed by atoms with Gasteiger partial charge in [-0.25, -0.2) is 13.4 Å². The van der Waals surface area contributed by atoms with Gasteiger partial charge in [-0.05, 0) is 17.7 Å². The van der Waals surface area contributed by atoms with Crippen molar-refractivity contribution in [3.63, 3.8) is 0 Å². The summed E-state index contributed by atoms with van der Waals surface area (Å²) in [4.78, 5) is 4.57. The molecule has 0 aliphatic carbocycles. The molecule has 1 fully saturated rings. The Balaban J connectivity index is 1.80. The average Bonchev–Trinajstić information content (AvgIpc) is 2.75. The summed E-state index contributed by atoms with van der Waals surface area (Å²) in [7, 11) is -3.13. The zero-order chi connectivity index (χ0) is 14.2. The lowest BCUT2D eigenvalue weighted by molar-refractivity contribution is 0.427. The highest BCUT2D eigenvalue weighted by Crippen LogP contribution is 2.20. The molecule has 3 rings (SSSR count). The van der Waals surface area contributed by atoms with Gasteiger partial charge in [0.25, 0.3) is 0 Å². The molecule has 5 nitrogen and oxygen atoms in total. The predicted octanol–water partition coefficient (Wildman–Crippen LogP) is 1.02. The van der Waals surface area contributed by atoms with Crippen molar-refractivity contribution in [1.29, 1.82) is 0 Å². The maximum atomic E-state index is 11.4. The molecule has 1 aliphatic rings. The van der Waals surface area contributed by atoms with E-state index in [0.717, 1.165) is 25.2 Å². The van der Waals surface area contributed by atoms with Crippen LogP contribution in [0.4, 0.5) is 0 Å². The highest BCUT2D eigenvalue weighted by molar-refractivity contribution is 7.90. The lowest BCUT2D eigenvalue weighted by atomic mass is 10.00. The van der Waals surface area contributed by atoms with Crippen LogP contribution in [0.5, 0.6) is 0 Å². The average molecular weight is 291 g/mol. The second-order valence-corrected chi connectivity index (χ2v) is 7.23. The number of sulfone groups is 1. The Morgan fingerprint density at radius 3 is 2.55 bits per heavy atom. The standard InChI is InChI=1S/C14H17N3O2S/c1-20(18,19)13-4-2-11(3-5-13)9-17-10-16-8-14(17)12-6-15-7-12/h2-5,8,10,12,15H,6-7,9H2,1H3. The van der Waals surface area contributed by atoms with Gasteiger partial charge in [0.15, 0.2) is 9.84 Å². The van der Waals surface area contributed by atoms with Crippen molar-refractivity contribution in [2.24, 2.45) is 0 Å². The van der Waals surface area contributed by atoms with E-state index in [4.69, 9.17) is 0 Å². The van der Waals surface area contributed by atoms with E-state index in [1.54, 1.807) is 12.1 Å². The molecule has 0 unspecified atom stereocenters. The molecule has 2 aromatic rings. The van der Waals surface area contributed by atoms with E-state index in [-0.39, 0.29) is 0 Å². The molecule has 0 amide bonds. The Labute approximate surface area is 118 Å². The lowest BCUT2D eigenvalue weighted by Crippen LogP contribution is -2.40. The quantitative estimate of drug-likeness (QED) is 0.913. The van der Waals surface area contributed by atoms with Gasteiger partial charge in [0, 0.05) is 43.7 Å². The van der Waals surface area contributed by atoms with E-state index < -0.39 is 9.84 Å². The number of rotatable bonds is 4. The maximum absolute atomic E-state index is 11.4. The van der Waals surface area contributed by atoms with Gasteiger partial charge in [-0.15, -0.1) is 0 Å². The zero-order valence-electron chi connectivity index (χ0n) is 11.3. The summed E-state index contributed by atoms with van der Waals surface area (Å²) < 4.78 is 25.0. The Hall–Kier alpha value is -1.66. The summed E-state index contributed by atoms with van der Waals surface area (Å²) >= 11 is 0. The molecule has 1 aliphatic heterocycles. The van der Waals surface area contributed by atoms with Crippen molar-refractivity contribution in [2.75, 3.05) is 19.3 Å². The van der Waals surface area contributed by atoms with Gasteiger partial charge in [0.05, 0.1) is 11.2 Å². The molecule has 0 spiro atoms. The summed E-state index contributed by atoms with van der Waals surface area (Å²) in [6.07, 6.45) is 4.97. The maximum Gasteiger partial charge on any atom is 0.175 e. The molecule has 106 valence electrons. The number of hydrogen-bond donors (Lipinski definition) is 1. The third-order valence-corrected chi connectivity index (χ3v) is 4.78. The second kappa shape index (κ2) is 5.03. The van der Waals surface area contributed by atoms with Crippen molar-refractivity contribution in [2.45, 2.75) is 17.4 Å². The molecule has 20 heavy (non-hydrogen) atoms. The van der Waals surface area contributed by atoms with Gasteiger partial charge in [-0.3, -0.25) is 0 Å². The number of nitrogens with zero attached hydrogens (tertiary/aromatic N) is 2. The number of aromatic nitrogens is 2. The summed E-state index contributed by atoms with van der Waals surface area (Å²) in [5, 5.41) is 3.26. The minimum Gasteiger partial charge on any atom is -0.330 e. The predicted molar refractivity (Wildman–Crippen MR) is 76.5 cm³/mol. The van der Waals surface area contributed by atoms with E-state index in [9.17, 15) is 8.42 Å². The van der Waals surface area contributed by atoms with Gasteiger partial charge in [-0.1, -0.05) is 12.1 Å². The molecule has 0 saturated carbocycles. The fourth-order valence-electron chi connectivity index (χ4n) is 2.34. The molecular formula is C14H17N3O2S. The van der Waals surface area contributed by atoms with Crippen molar-refractivity contribution < 1.29 is 8.42 Å². The number of nitrogens with one attached hydrogen (secondary N) is 1. The smallest absolute Gasteiger partial charge is 0.175 e. The summed E-state index contributed by atoms with van der Waals surface area (Å²) in [6.45, 7) is 2.72. The SMILES string of the molecule is CS(=O)(=O)c1ccc(Cn2cncc2C2CNC2)cc1. The Morgan fingerprint density at radius 2 is 2.00 bits per heavy atom. The summed E-state index contributed by atoms with van der Waals surface area (Å²) in [5.74, 6) is 0.535. The van der Waals surface area contributed by atoms with E-state index in [2.05, 4.69) is 14.9 Å². The second-order valence-electron chi connectivity index (χ2n) is 5.22. The first-order chi connectivity index (χ1) is 9.54. The van der Waals surface area contributed by atoms with Gasteiger partial charge >= 0.3 is 0 Å². The van der Waals surface area contributed by atoms with Crippen LogP contribution in [-0.4, -0.2) is 37.3 Å². The molecule has 0 radical (unpaired) electrons. The molecule has 0 atom stereocenters. The molecule has 2 heterocycles. The topological polar surface area (TPSA) is 64.0 Å². The molecular weight excluding hydrogens is 274 g/mol. The fourth-order valence-corrected chi connectivity index (χ4v) is 2.97. The normalized spacial score (nSPS) is 16.1. The highest BCUT2D eigenvalue weighted by atomic mass is 32.2. The largest absolute Gasteiger partial charge is 0.330 e. The van der Waals surface area contributed by atoms with Crippen molar-refractivity contribution >= 4 is 9.84 Å². The van der Waals surface area contributed by atoms with Crippen molar-refractivity contribution in [1.82, 2.24) is 14.9 Å². The number of imidazole rings is 1. The first-order valence-electron chi connectivity index (χ1n) is 6.54. The van der Waals surface area contributed by atoms with Crippen LogP contribution in [0.2, 0.25) is 0 Å². The molecule has 1 aromatic carbocycles. The molecule has 1 N–H and O–H groups in total. The van der Waals surface area contributed by atoms with E-state index in [1.807, 2.05) is 24.7 Å². The van der Waals surface area contributed by atoms with E-state index in [0.29, 0.717) is 10.8 Å². The Kier molecular flexibility index (Phi) is 3.35. The van der Waals surface area contributed by atoms with Crippen LogP contribution in [0.15, 0.2) is 41.7 Å². The third-order valence-electron chi connectivity index (χ3n) is 3.65. The van der Waals surface area contributed by atoms with Crippen LogP contribution >= 0.6 is 0 Å². The summed E-state index contributed by atoms with van der Waals surface area (Å²) in [6, 6.07) is 7.04. The molecule has 6 heteroatoms. The minimum absolute atomic E-state index is 0.357. The van der Waals surface area contributed by atoms with Crippen molar-refractivity contribution in [3.8, 4) is 0 Å².